The zero-order valence-electron chi connectivity index (χ0n) is 16.4. The van der Waals surface area contributed by atoms with Crippen LogP contribution < -0.4 is 0 Å². The maximum absolute atomic E-state index is 13.0. The first-order valence-electron chi connectivity index (χ1n) is 9.66. The summed E-state index contributed by atoms with van der Waals surface area (Å²) in [7, 11) is 0. The van der Waals surface area contributed by atoms with Crippen LogP contribution in [0.1, 0.15) is 52.0 Å². The van der Waals surface area contributed by atoms with Gasteiger partial charge in [0.25, 0.3) is 0 Å². The highest BCUT2D eigenvalue weighted by atomic mass is 16.5. The highest BCUT2D eigenvalue weighted by Gasteiger charge is 2.54. The fourth-order valence-corrected chi connectivity index (χ4v) is 4.33. The Kier molecular flexibility index (Phi) is 5.43. The fourth-order valence-electron chi connectivity index (χ4n) is 4.33. The number of aliphatic carboxylic acids is 1. The van der Waals surface area contributed by atoms with Crippen LogP contribution in [-0.4, -0.2) is 40.3 Å². The van der Waals surface area contributed by atoms with E-state index < -0.39 is 17.7 Å². The molecule has 0 radical (unpaired) electrons. The van der Waals surface area contributed by atoms with Crippen LogP contribution in [-0.2, 0) is 14.3 Å². The molecular formula is C22H29NO4. The Morgan fingerprint density at radius 3 is 2.37 bits per heavy atom. The van der Waals surface area contributed by atoms with E-state index in [0.29, 0.717) is 18.8 Å². The fraction of sp³-hybridized carbons (Fsp3) is 0.545. The monoisotopic (exact) mass is 371 g/mol. The van der Waals surface area contributed by atoms with E-state index in [1.54, 1.807) is 6.08 Å². The average molecular weight is 371 g/mol. The van der Waals surface area contributed by atoms with Gasteiger partial charge < -0.3 is 9.84 Å². The minimum Gasteiger partial charge on any atom is -0.480 e. The van der Waals surface area contributed by atoms with Crippen molar-refractivity contribution in [2.24, 2.45) is 11.3 Å². The lowest BCUT2D eigenvalue weighted by molar-refractivity contribution is -0.162. The highest BCUT2D eigenvalue weighted by Crippen LogP contribution is 2.47. The third-order valence-corrected chi connectivity index (χ3v) is 5.99. The summed E-state index contributed by atoms with van der Waals surface area (Å²) in [6.45, 7) is 6.75. The van der Waals surface area contributed by atoms with Gasteiger partial charge in [0.05, 0.1) is 6.61 Å². The minimum atomic E-state index is -1.01. The van der Waals surface area contributed by atoms with Gasteiger partial charge in [-0.2, -0.15) is 0 Å². The molecule has 3 rings (SSSR count). The van der Waals surface area contributed by atoms with E-state index in [0.717, 1.165) is 18.4 Å². The van der Waals surface area contributed by atoms with Crippen LogP contribution in [0.5, 0.6) is 0 Å². The van der Waals surface area contributed by atoms with Crippen molar-refractivity contribution in [1.82, 2.24) is 4.90 Å². The molecule has 1 aliphatic carbocycles. The predicted molar refractivity (Wildman–Crippen MR) is 104 cm³/mol. The van der Waals surface area contributed by atoms with Crippen molar-refractivity contribution in [1.29, 1.82) is 0 Å². The topological polar surface area (TPSA) is 66.8 Å². The largest absolute Gasteiger partial charge is 0.480 e. The van der Waals surface area contributed by atoms with Crippen molar-refractivity contribution in [2.45, 2.75) is 58.2 Å². The van der Waals surface area contributed by atoms with Crippen molar-refractivity contribution in [3.05, 3.63) is 42.0 Å². The number of carboxylic acid groups (broad SMARTS) is 1. The second-order valence-electron chi connectivity index (χ2n) is 8.70. The number of ether oxygens (including phenoxy) is 1. The number of carbonyl (C=O) groups is 2. The molecule has 5 nitrogen and oxygen atoms in total. The summed E-state index contributed by atoms with van der Waals surface area (Å²) >= 11 is 0. The van der Waals surface area contributed by atoms with Gasteiger partial charge in [0, 0.05) is 6.08 Å². The highest BCUT2D eigenvalue weighted by molar-refractivity contribution is 5.95. The molecule has 27 heavy (non-hydrogen) atoms. The number of hydrogen-bond donors (Lipinski definition) is 1. The van der Waals surface area contributed by atoms with Gasteiger partial charge in [-0.15, -0.1) is 0 Å². The van der Waals surface area contributed by atoms with Gasteiger partial charge in [-0.3, -0.25) is 9.69 Å². The van der Waals surface area contributed by atoms with E-state index in [2.05, 4.69) is 20.8 Å². The summed E-state index contributed by atoms with van der Waals surface area (Å²) in [5.74, 6) is -0.753. The predicted octanol–water partition coefficient (Wildman–Crippen LogP) is 3.94. The standard InChI is InChI=1S/C22H29NO4/c1-21(2,3)17-11-13-22(14-12-17)23(18(15-27-22)20(25)26)19(24)10-9-16-7-5-4-6-8-16/h4-10,17-18H,11-15H2,1-3H3,(H,25,26). The van der Waals surface area contributed by atoms with E-state index in [1.807, 2.05) is 30.3 Å². The zero-order valence-corrected chi connectivity index (χ0v) is 16.4. The molecule has 5 heteroatoms. The van der Waals surface area contributed by atoms with Gasteiger partial charge in [-0.05, 0) is 48.7 Å². The molecule has 0 aromatic heterocycles. The van der Waals surface area contributed by atoms with Crippen LogP contribution in [0.25, 0.3) is 6.08 Å². The summed E-state index contributed by atoms with van der Waals surface area (Å²) < 4.78 is 5.99. The van der Waals surface area contributed by atoms with Crippen molar-refractivity contribution >= 4 is 18.0 Å². The first-order valence-corrected chi connectivity index (χ1v) is 9.66. The number of nitrogens with zero attached hydrogens (tertiary/aromatic N) is 1. The molecule has 1 aromatic rings. The lowest BCUT2D eigenvalue weighted by atomic mass is 9.70. The molecule has 1 saturated carbocycles. The molecule has 1 N–H and O–H groups in total. The Hall–Kier alpha value is -2.14. The molecular weight excluding hydrogens is 342 g/mol. The van der Waals surface area contributed by atoms with E-state index in [4.69, 9.17) is 4.74 Å². The molecule has 1 spiro atoms. The smallest absolute Gasteiger partial charge is 0.328 e. The first kappa shape index (κ1) is 19.6. The molecule has 1 heterocycles. The first-order chi connectivity index (χ1) is 12.7. The van der Waals surface area contributed by atoms with Crippen molar-refractivity contribution in [3.8, 4) is 0 Å². The lowest BCUT2D eigenvalue weighted by Crippen LogP contribution is -2.55. The maximum Gasteiger partial charge on any atom is 0.328 e. The van der Waals surface area contributed by atoms with Crippen molar-refractivity contribution < 1.29 is 19.4 Å². The molecule has 2 aliphatic rings. The van der Waals surface area contributed by atoms with Crippen LogP contribution in [0.2, 0.25) is 0 Å². The molecule has 1 amide bonds. The van der Waals surface area contributed by atoms with Gasteiger partial charge in [0.1, 0.15) is 5.72 Å². The molecule has 1 aliphatic heterocycles. The van der Waals surface area contributed by atoms with Crippen LogP contribution in [0, 0.1) is 11.3 Å². The van der Waals surface area contributed by atoms with E-state index >= 15 is 0 Å². The lowest BCUT2D eigenvalue weighted by Gasteiger charge is -2.45. The summed E-state index contributed by atoms with van der Waals surface area (Å²) in [6, 6.07) is 8.60. The quantitative estimate of drug-likeness (QED) is 0.817. The number of benzene rings is 1. The second-order valence-corrected chi connectivity index (χ2v) is 8.70. The zero-order chi connectivity index (χ0) is 19.7. The van der Waals surface area contributed by atoms with Crippen LogP contribution in [0.15, 0.2) is 36.4 Å². The normalized spacial score (nSPS) is 28.8. The number of hydrogen-bond acceptors (Lipinski definition) is 3. The van der Waals surface area contributed by atoms with E-state index in [1.165, 1.54) is 11.0 Å². The number of carboxylic acids is 1. The maximum atomic E-state index is 13.0. The second kappa shape index (κ2) is 7.47. The molecule has 1 aromatic carbocycles. The van der Waals surface area contributed by atoms with Gasteiger partial charge in [-0.25, -0.2) is 4.79 Å². The van der Waals surface area contributed by atoms with Gasteiger partial charge in [-0.1, -0.05) is 51.1 Å². The Morgan fingerprint density at radius 1 is 1.19 bits per heavy atom. The van der Waals surface area contributed by atoms with Gasteiger partial charge >= 0.3 is 5.97 Å². The van der Waals surface area contributed by atoms with E-state index in [9.17, 15) is 14.7 Å². The molecule has 0 bridgehead atoms. The molecule has 1 unspecified atom stereocenters. The number of rotatable bonds is 3. The van der Waals surface area contributed by atoms with Crippen LogP contribution in [0.4, 0.5) is 0 Å². The third kappa shape index (κ3) is 4.08. The molecule has 1 atom stereocenters. The minimum absolute atomic E-state index is 0.0560. The Morgan fingerprint density at radius 2 is 1.81 bits per heavy atom. The summed E-state index contributed by atoms with van der Waals surface area (Å²) in [6.07, 6.45) is 6.43. The third-order valence-electron chi connectivity index (χ3n) is 5.99. The molecule has 2 fully saturated rings. The molecule has 146 valence electrons. The van der Waals surface area contributed by atoms with Crippen molar-refractivity contribution in [2.75, 3.05) is 6.61 Å². The Labute approximate surface area is 161 Å². The summed E-state index contributed by atoms with van der Waals surface area (Å²) in [5, 5.41) is 9.62. The van der Waals surface area contributed by atoms with Crippen LogP contribution in [0.3, 0.4) is 0 Å². The summed E-state index contributed by atoms with van der Waals surface area (Å²) in [5.41, 5.74) is 0.320. The Bertz CT molecular complexity index is 712. The van der Waals surface area contributed by atoms with E-state index in [-0.39, 0.29) is 17.9 Å². The van der Waals surface area contributed by atoms with Gasteiger partial charge in [0.15, 0.2) is 6.04 Å². The summed E-state index contributed by atoms with van der Waals surface area (Å²) in [4.78, 5) is 26.2. The Balaban J connectivity index is 1.81. The van der Waals surface area contributed by atoms with Crippen LogP contribution >= 0.6 is 0 Å². The number of carbonyl (C=O) groups excluding carboxylic acids is 1. The molecule has 1 saturated heterocycles. The van der Waals surface area contributed by atoms with Crippen molar-refractivity contribution in [3.63, 3.8) is 0 Å². The SMILES string of the molecule is CC(C)(C)C1CCC2(CC1)OCC(C(=O)O)N2C(=O)C=Cc1ccccc1. The number of amides is 1. The van der Waals surface area contributed by atoms with Gasteiger partial charge in [0.2, 0.25) is 5.91 Å². The average Bonchev–Trinajstić information content (AvgIpc) is 2.99.